The third kappa shape index (κ3) is 4.25. The molecule has 0 saturated carbocycles. The lowest BCUT2D eigenvalue weighted by molar-refractivity contribution is -0.134. The molecule has 0 bridgehead atoms. The van der Waals surface area contributed by atoms with Gasteiger partial charge in [0.1, 0.15) is 5.82 Å². The van der Waals surface area contributed by atoms with Crippen molar-refractivity contribution in [3.05, 3.63) is 71.0 Å². The standard InChI is InChI=1S/C22H26FN3O/c1-4-25(5-2)15-22(27)26-21(19-12-7-6-9-16(19)3)14-20(24-26)17-10-8-11-18(23)13-17/h6-13,21H,4-5,14-15H2,1-3H3/t21-/m1/s1. The average molecular weight is 367 g/mol. The lowest BCUT2D eigenvalue weighted by Crippen LogP contribution is -2.38. The van der Waals surface area contributed by atoms with Gasteiger partial charge in [-0.3, -0.25) is 9.69 Å². The summed E-state index contributed by atoms with van der Waals surface area (Å²) < 4.78 is 13.7. The second-order valence-corrected chi connectivity index (χ2v) is 6.83. The first kappa shape index (κ1) is 19.2. The molecule has 27 heavy (non-hydrogen) atoms. The van der Waals surface area contributed by atoms with E-state index in [1.54, 1.807) is 11.1 Å². The summed E-state index contributed by atoms with van der Waals surface area (Å²) in [5.74, 6) is -0.325. The van der Waals surface area contributed by atoms with Crippen LogP contribution in [0.25, 0.3) is 0 Å². The zero-order valence-electron chi connectivity index (χ0n) is 16.2. The first-order valence-electron chi connectivity index (χ1n) is 9.46. The summed E-state index contributed by atoms with van der Waals surface area (Å²) in [6, 6.07) is 14.3. The molecule has 0 aliphatic carbocycles. The Labute approximate surface area is 160 Å². The van der Waals surface area contributed by atoms with Crippen LogP contribution in [0, 0.1) is 12.7 Å². The van der Waals surface area contributed by atoms with Crippen molar-refractivity contribution < 1.29 is 9.18 Å². The number of aryl methyl sites for hydroxylation is 1. The second-order valence-electron chi connectivity index (χ2n) is 6.83. The molecule has 1 aliphatic heterocycles. The molecule has 0 spiro atoms. The summed E-state index contributed by atoms with van der Waals surface area (Å²) >= 11 is 0. The van der Waals surface area contributed by atoms with Gasteiger partial charge in [-0.25, -0.2) is 9.40 Å². The Hall–Kier alpha value is -2.53. The topological polar surface area (TPSA) is 35.9 Å². The minimum Gasteiger partial charge on any atom is -0.295 e. The average Bonchev–Trinajstić information content (AvgIpc) is 3.11. The number of hydrogen-bond donors (Lipinski definition) is 0. The largest absolute Gasteiger partial charge is 0.295 e. The summed E-state index contributed by atoms with van der Waals surface area (Å²) in [5.41, 5.74) is 3.68. The van der Waals surface area contributed by atoms with Crippen LogP contribution in [0.5, 0.6) is 0 Å². The second kappa shape index (κ2) is 8.44. The number of likely N-dealkylation sites (N-methyl/N-ethyl adjacent to an activating group) is 1. The third-order valence-corrected chi connectivity index (χ3v) is 5.12. The molecule has 2 aromatic carbocycles. The zero-order valence-corrected chi connectivity index (χ0v) is 16.2. The molecule has 2 aromatic rings. The van der Waals surface area contributed by atoms with E-state index in [2.05, 4.69) is 10.0 Å². The van der Waals surface area contributed by atoms with Crippen molar-refractivity contribution in [1.29, 1.82) is 0 Å². The lowest BCUT2D eigenvalue weighted by Gasteiger charge is -2.26. The van der Waals surface area contributed by atoms with Crippen molar-refractivity contribution in [2.75, 3.05) is 19.6 Å². The number of hydrogen-bond acceptors (Lipinski definition) is 3. The van der Waals surface area contributed by atoms with E-state index < -0.39 is 0 Å². The first-order chi connectivity index (χ1) is 13.0. The molecular weight excluding hydrogens is 341 g/mol. The van der Waals surface area contributed by atoms with E-state index >= 15 is 0 Å². The highest BCUT2D eigenvalue weighted by Crippen LogP contribution is 2.34. The molecule has 1 amide bonds. The Kier molecular flexibility index (Phi) is 6.01. The Bertz CT molecular complexity index is 845. The lowest BCUT2D eigenvalue weighted by atomic mass is 9.95. The Morgan fingerprint density at radius 2 is 1.93 bits per heavy atom. The van der Waals surface area contributed by atoms with Crippen LogP contribution in [0.4, 0.5) is 4.39 Å². The van der Waals surface area contributed by atoms with Gasteiger partial charge < -0.3 is 0 Å². The molecule has 0 saturated heterocycles. The van der Waals surface area contributed by atoms with Gasteiger partial charge in [0.25, 0.3) is 5.91 Å². The van der Waals surface area contributed by atoms with E-state index in [9.17, 15) is 9.18 Å². The van der Waals surface area contributed by atoms with Gasteiger partial charge in [-0.1, -0.05) is 50.2 Å². The summed E-state index contributed by atoms with van der Waals surface area (Å²) in [4.78, 5) is 15.1. The predicted molar refractivity (Wildman–Crippen MR) is 106 cm³/mol. The summed E-state index contributed by atoms with van der Waals surface area (Å²) in [6.07, 6.45) is 0.582. The van der Waals surface area contributed by atoms with Crippen molar-refractivity contribution in [2.45, 2.75) is 33.2 Å². The number of rotatable bonds is 6. The van der Waals surface area contributed by atoms with Crippen molar-refractivity contribution in [1.82, 2.24) is 9.91 Å². The number of amides is 1. The normalized spacial score (nSPS) is 16.7. The minimum absolute atomic E-state index is 0.0293. The van der Waals surface area contributed by atoms with E-state index in [1.165, 1.54) is 12.1 Å². The molecule has 0 aromatic heterocycles. The predicted octanol–water partition coefficient (Wildman–Crippen LogP) is 4.15. The fourth-order valence-corrected chi connectivity index (χ4v) is 3.50. The molecule has 0 unspecified atom stereocenters. The highest BCUT2D eigenvalue weighted by molar-refractivity contribution is 6.03. The van der Waals surface area contributed by atoms with Crippen molar-refractivity contribution in [2.24, 2.45) is 5.10 Å². The van der Waals surface area contributed by atoms with Crippen LogP contribution in [-0.2, 0) is 4.79 Å². The molecule has 1 heterocycles. The molecule has 142 valence electrons. The van der Waals surface area contributed by atoms with Gasteiger partial charge in [0.05, 0.1) is 18.3 Å². The third-order valence-electron chi connectivity index (χ3n) is 5.12. The molecule has 5 heteroatoms. The SMILES string of the molecule is CCN(CC)CC(=O)N1N=C(c2cccc(F)c2)C[C@@H]1c1ccccc1C. The van der Waals surface area contributed by atoms with Gasteiger partial charge >= 0.3 is 0 Å². The van der Waals surface area contributed by atoms with Gasteiger partial charge in [-0.05, 0) is 43.3 Å². The van der Waals surface area contributed by atoms with Gasteiger partial charge in [0, 0.05) is 12.0 Å². The summed E-state index contributed by atoms with van der Waals surface area (Å²) in [6.45, 7) is 8.08. The van der Waals surface area contributed by atoms with E-state index in [0.717, 1.165) is 35.5 Å². The smallest absolute Gasteiger partial charge is 0.257 e. The highest BCUT2D eigenvalue weighted by atomic mass is 19.1. The fourth-order valence-electron chi connectivity index (χ4n) is 3.50. The van der Waals surface area contributed by atoms with Gasteiger partial charge in [-0.15, -0.1) is 0 Å². The van der Waals surface area contributed by atoms with Crippen molar-refractivity contribution in [3.63, 3.8) is 0 Å². The quantitative estimate of drug-likeness (QED) is 0.769. The Balaban J connectivity index is 1.95. The number of carbonyl (C=O) groups excluding carboxylic acids is 1. The van der Waals surface area contributed by atoms with E-state index in [0.29, 0.717) is 13.0 Å². The molecule has 0 radical (unpaired) electrons. The van der Waals surface area contributed by atoms with Crippen LogP contribution in [0.1, 0.15) is 43.0 Å². The van der Waals surface area contributed by atoms with Crippen LogP contribution in [-0.4, -0.2) is 41.2 Å². The molecule has 1 aliphatic rings. The molecule has 4 nitrogen and oxygen atoms in total. The van der Waals surface area contributed by atoms with E-state index in [1.807, 2.05) is 51.1 Å². The molecule has 1 atom stereocenters. The Morgan fingerprint density at radius 1 is 1.19 bits per heavy atom. The van der Waals surface area contributed by atoms with E-state index in [-0.39, 0.29) is 17.8 Å². The highest BCUT2D eigenvalue weighted by Gasteiger charge is 2.34. The van der Waals surface area contributed by atoms with E-state index in [4.69, 9.17) is 0 Å². The molecule has 3 rings (SSSR count). The monoisotopic (exact) mass is 367 g/mol. The number of carbonyl (C=O) groups is 1. The molecular formula is C22H26FN3O. The Morgan fingerprint density at radius 3 is 2.59 bits per heavy atom. The molecule has 0 fully saturated rings. The fraction of sp³-hybridized carbons (Fsp3) is 0.364. The van der Waals surface area contributed by atoms with Crippen LogP contribution < -0.4 is 0 Å². The maximum Gasteiger partial charge on any atom is 0.257 e. The van der Waals surface area contributed by atoms with Gasteiger partial charge in [0.2, 0.25) is 0 Å². The van der Waals surface area contributed by atoms with Crippen LogP contribution in [0.15, 0.2) is 53.6 Å². The first-order valence-corrected chi connectivity index (χ1v) is 9.46. The van der Waals surface area contributed by atoms with Crippen LogP contribution in [0.3, 0.4) is 0 Å². The zero-order chi connectivity index (χ0) is 19.4. The minimum atomic E-state index is -0.296. The van der Waals surface area contributed by atoms with Crippen molar-refractivity contribution >= 4 is 11.6 Å². The summed E-state index contributed by atoms with van der Waals surface area (Å²) in [5, 5.41) is 6.23. The van der Waals surface area contributed by atoms with Crippen LogP contribution >= 0.6 is 0 Å². The van der Waals surface area contributed by atoms with Crippen molar-refractivity contribution in [3.8, 4) is 0 Å². The number of halogens is 1. The number of benzene rings is 2. The maximum absolute atomic E-state index is 13.7. The summed E-state index contributed by atoms with van der Waals surface area (Å²) in [7, 11) is 0. The molecule has 0 N–H and O–H groups in total. The van der Waals surface area contributed by atoms with Crippen LogP contribution in [0.2, 0.25) is 0 Å². The maximum atomic E-state index is 13.7. The van der Waals surface area contributed by atoms with Gasteiger partial charge in [0.15, 0.2) is 0 Å². The number of hydrazone groups is 1. The van der Waals surface area contributed by atoms with Gasteiger partial charge in [-0.2, -0.15) is 5.10 Å². The number of nitrogens with zero attached hydrogens (tertiary/aromatic N) is 3.